The van der Waals surface area contributed by atoms with Crippen LogP contribution in [-0.4, -0.2) is 42.6 Å². The lowest BCUT2D eigenvalue weighted by atomic mass is 10.1. The van der Waals surface area contributed by atoms with Crippen molar-refractivity contribution in [3.05, 3.63) is 51.3 Å². The Hall–Kier alpha value is -3.40. The largest absolute Gasteiger partial charge is 0.493 e. The first kappa shape index (κ1) is 19.9. The van der Waals surface area contributed by atoms with Crippen molar-refractivity contribution in [2.75, 3.05) is 26.1 Å². The molecule has 142 valence electrons. The van der Waals surface area contributed by atoms with Crippen LogP contribution in [-0.2, 0) is 9.53 Å². The number of esters is 1. The number of rotatable bonds is 7. The van der Waals surface area contributed by atoms with E-state index < -0.39 is 29.1 Å². The van der Waals surface area contributed by atoms with Gasteiger partial charge in [-0.15, -0.1) is 0 Å². The molecule has 1 aromatic heterocycles. The number of pyridine rings is 1. The van der Waals surface area contributed by atoms with E-state index in [1.807, 2.05) is 0 Å². The maximum atomic E-state index is 12.2. The summed E-state index contributed by atoms with van der Waals surface area (Å²) in [5, 5.41) is 13.7. The van der Waals surface area contributed by atoms with Crippen LogP contribution in [0, 0.1) is 10.1 Å². The summed E-state index contributed by atoms with van der Waals surface area (Å²) in [7, 11) is 2.61. The van der Waals surface area contributed by atoms with Crippen molar-refractivity contribution in [3.8, 4) is 11.5 Å². The number of halogens is 1. The highest BCUT2D eigenvalue weighted by Gasteiger charge is 2.26. The van der Waals surface area contributed by atoms with Gasteiger partial charge in [0.15, 0.2) is 23.3 Å². The SMILES string of the molecule is COc1cc(C(=O)OCC(=O)Nc2cccnc2Cl)c([N+](=O)[O-])cc1OC. The third kappa shape index (κ3) is 4.82. The number of hydrogen-bond donors (Lipinski definition) is 1. The second kappa shape index (κ2) is 8.81. The van der Waals surface area contributed by atoms with Gasteiger partial charge >= 0.3 is 5.97 Å². The fourth-order valence-electron chi connectivity index (χ4n) is 2.06. The van der Waals surface area contributed by atoms with Crippen LogP contribution in [0.3, 0.4) is 0 Å². The van der Waals surface area contributed by atoms with Gasteiger partial charge in [-0.3, -0.25) is 14.9 Å². The zero-order valence-corrected chi connectivity index (χ0v) is 15.0. The third-order valence-electron chi connectivity index (χ3n) is 3.29. The van der Waals surface area contributed by atoms with Crippen LogP contribution in [0.5, 0.6) is 11.5 Å². The molecule has 1 amide bonds. The van der Waals surface area contributed by atoms with Gasteiger partial charge in [-0.1, -0.05) is 11.6 Å². The van der Waals surface area contributed by atoms with Crippen molar-refractivity contribution in [1.82, 2.24) is 4.98 Å². The molecule has 0 aliphatic heterocycles. The number of methoxy groups -OCH3 is 2. The van der Waals surface area contributed by atoms with Gasteiger partial charge in [0.25, 0.3) is 11.6 Å². The summed E-state index contributed by atoms with van der Waals surface area (Å²) < 4.78 is 14.8. The molecule has 11 heteroatoms. The fraction of sp³-hybridized carbons (Fsp3) is 0.188. The Bertz CT molecular complexity index is 888. The van der Waals surface area contributed by atoms with Crippen molar-refractivity contribution >= 4 is 34.9 Å². The standard InChI is InChI=1S/C16H14ClN3O7/c1-25-12-6-9(11(20(23)24)7-13(12)26-2)16(22)27-8-14(21)19-10-4-3-5-18-15(10)17/h3-7H,8H2,1-2H3,(H,19,21). The number of nitrogens with one attached hydrogen (secondary N) is 1. The first-order chi connectivity index (χ1) is 12.9. The molecule has 0 aliphatic rings. The predicted octanol–water partition coefficient (Wildman–Crippen LogP) is 2.46. The van der Waals surface area contributed by atoms with Crippen molar-refractivity contribution in [2.24, 2.45) is 0 Å². The summed E-state index contributed by atoms with van der Waals surface area (Å²) >= 11 is 5.81. The van der Waals surface area contributed by atoms with Gasteiger partial charge in [-0.25, -0.2) is 9.78 Å². The minimum atomic E-state index is -1.07. The predicted molar refractivity (Wildman–Crippen MR) is 94.4 cm³/mol. The number of hydrogen-bond acceptors (Lipinski definition) is 8. The van der Waals surface area contributed by atoms with Crippen molar-refractivity contribution < 1.29 is 28.7 Å². The molecular weight excluding hydrogens is 382 g/mol. The second-order valence-electron chi connectivity index (χ2n) is 4.95. The molecule has 2 aromatic rings. The van der Waals surface area contributed by atoms with Gasteiger partial charge in [-0.05, 0) is 12.1 Å². The maximum Gasteiger partial charge on any atom is 0.345 e. The normalized spacial score (nSPS) is 10.0. The van der Waals surface area contributed by atoms with Crippen molar-refractivity contribution in [3.63, 3.8) is 0 Å². The highest BCUT2D eigenvalue weighted by molar-refractivity contribution is 6.32. The van der Waals surface area contributed by atoms with Crippen LogP contribution in [0.15, 0.2) is 30.5 Å². The smallest absolute Gasteiger partial charge is 0.345 e. The van der Waals surface area contributed by atoms with E-state index in [-0.39, 0.29) is 27.9 Å². The second-order valence-corrected chi connectivity index (χ2v) is 5.31. The zero-order chi connectivity index (χ0) is 20.0. The molecule has 0 saturated carbocycles. The Balaban J connectivity index is 2.14. The lowest BCUT2D eigenvalue weighted by molar-refractivity contribution is -0.385. The van der Waals surface area contributed by atoms with Gasteiger partial charge in [0.05, 0.1) is 30.9 Å². The molecule has 0 unspecified atom stereocenters. The average molecular weight is 396 g/mol. The van der Waals surface area contributed by atoms with E-state index in [0.29, 0.717) is 0 Å². The molecule has 1 heterocycles. The first-order valence-corrected chi connectivity index (χ1v) is 7.73. The third-order valence-corrected chi connectivity index (χ3v) is 3.59. The summed E-state index contributed by atoms with van der Waals surface area (Å²) in [5.74, 6) is -1.59. The summed E-state index contributed by atoms with van der Waals surface area (Å²) in [6.45, 7) is -0.685. The Morgan fingerprint density at radius 2 is 1.93 bits per heavy atom. The quantitative estimate of drug-likeness (QED) is 0.327. The number of amides is 1. The van der Waals surface area contributed by atoms with Gasteiger partial charge in [0.1, 0.15) is 5.56 Å². The number of nitro benzene ring substituents is 1. The summed E-state index contributed by atoms with van der Waals surface area (Å²) in [6.07, 6.45) is 1.44. The van der Waals surface area contributed by atoms with Crippen LogP contribution < -0.4 is 14.8 Å². The molecule has 27 heavy (non-hydrogen) atoms. The number of carbonyl (C=O) groups excluding carboxylic acids is 2. The number of ether oxygens (including phenoxy) is 3. The van der Waals surface area contributed by atoms with Gasteiger partial charge in [0, 0.05) is 12.3 Å². The molecule has 0 bridgehead atoms. The molecule has 0 radical (unpaired) electrons. The number of nitrogens with zero attached hydrogens (tertiary/aromatic N) is 2. The summed E-state index contributed by atoms with van der Waals surface area (Å²) in [6, 6.07) is 5.20. The number of nitro groups is 1. The van der Waals surface area contributed by atoms with E-state index in [1.165, 1.54) is 26.5 Å². The van der Waals surface area contributed by atoms with Gasteiger partial charge < -0.3 is 19.5 Å². The van der Waals surface area contributed by atoms with Gasteiger partial charge in [-0.2, -0.15) is 0 Å². The lowest BCUT2D eigenvalue weighted by Gasteiger charge is -2.11. The van der Waals surface area contributed by atoms with Crippen LogP contribution >= 0.6 is 11.6 Å². The van der Waals surface area contributed by atoms with Crippen molar-refractivity contribution in [1.29, 1.82) is 0 Å². The molecule has 10 nitrogen and oxygen atoms in total. The molecular formula is C16H14ClN3O7. The minimum absolute atomic E-state index is 0.0627. The van der Waals surface area contributed by atoms with Crippen molar-refractivity contribution in [2.45, 2.75) is 0 Å². The van der Waals surface area contributed by atoms with Crippen LogP contribution in [0.25, 0.3) is 0 Å². The molecule has 1 N–H and O–H groups in total. The van der Waals surface area contributed by atoms with Gasteiger partial charge in [0.2, 0.25) is 0 Å². The van der Waals surface area contributed by atoms with E-state index in [1.54, 1.807) is 6.07 Å². The zero-order valence-electron chi connectivity index (χ0n) is 14.2. The Morgan fingerprint density at radius 3 is 2.52 bits per heavy atom. The molecule has 0 aliphatic carbocycles. The van der Waals surface area contributed by atoms with E-state index >= 15 is 0 Å². The Morgan fingerprint density at radius 1 is 1.26 bits per heavy atom. The van der Waals surface area contributed by atoms with Crippen LogP contribution in [0.2, 0.25) is 5.15 Å². The number of aromatic nitrogens is 1. The number of benzene rings is 1. The highest BCUT2D eigenvalue weighted by atomic mass is 35.5. The van der Waals surface area contributed by atoms with E-state index in [4.69, 9.17) is 25.8 Å². The maximum absolute atomic E-state index is 12.2. The fourth-order valence-corrected chi connectivity index (χ4v) is 2.22. The van der Waals surface area contributed by atoms with E-state index in [9.17, 15) is 19.7 Å². The molecule has 0 spiro atoms. The average Bonchev–Trinajstić information content (AvgIpc) is 2.66. The lowest BCUT2D eigenvalue weighted by Crippen LogP contribution is -2.21. The minimum Gasteiger partial charge on any atom is -0.493 e. The first-order valence-electron chi connectivity index (χ1n) is 7.35. The van der Waals surface area contributed by atoms with E-state index in [2.05, 4.69) is 10.3 Å². The van der Waals surface area contributed by atoms with Crippen LogP contribution in [0.1, 0.15) is 10.4 Å². The Kier molecular flexibility index (Phi) is 6.50. The molecule has 2 rings (SSSR count). The molecule has 0 atom stereocenters. The molecule has 0 fully saturated rings. The summed E-state index contributed by atoms with van der Waals surface area (Å²) in [5.41, 5.74) is -0.699. The highest BCUT2D eigenvalue weighted by Crippen LogP contribution is 2.34. The van der Waals surface area contributed by atoms with E-state index in [0.717, 1.165) is 12.1 Å². The topological polar surface area (TPSA) is 130 Å². The number of anilines is 1. The molecule has 0 saturated heterocycles. The Labute approximate surface area is 158 Å². The van der Waals surface area contributed by atoms with Crippen LogP contribution in [0.4, 0.5) is 11.4 Å². The monoisotopic (exact) mass is 395 g/mol. The number of carbonyl (C=O) groups is 2. The molecule has 1 aromatic carbocycles. The summed E-state index contributed by atoms with van der Waals surface area (Å²) in [4.78, 5) is 38.3.